The van der Waals surface area contributed by atoms with Crippen molar-refractivity contribution in [1.29, 1.82) is 0 Å². The van der Waals surface area contributed by atoms with E-state index in [0.717, 1.165) is 17.1 Å². The van der Waals surface area contributed by atoms with E-state index in [4.69, 9.17) is 0 Å². The predicted molar refractivity (Wildman–Crippen MR) is 84.5 cm³/mol. The van der Waals surface area contributed by atoms with Gasteiger partial charge in [-0.3, -0.25) is 4.98 Å². The molecular formula is C16H15N3S. The van der Waals surface area contributed by atoms with Crippen molar-refractivity contribution in [3.8, 4) is 10.4 Å². The molecule has 0 atom stereocenters. The van der Waals surface area contributed by atoms with Crippen molar-refractivity contribution in [2.24, 2.45) is 0 Å². The molecule has 3 nitrogen and oxygen atoms in total. The van der Waals surface area contributed by atoms with E-state index < -0.39 is 0 Å². The maximum absolute atomic E-state index is 4.46. The third-order valence-electron chi connectivity index (χ3n) is 3.15. The molecule has 20 heavy (non-hydrogen) atoms. The summed E-state index contributed by atoms with van der Waals surface area (Å²) in [4.78, 5) is 11.2. The smallest absolute Gasteiger partial charge is 0.130 e. The Balaban J connectivity index is 1.81. The standard InChI is InChI=1S/C16H15N3S/c1-11-8-15(20-12(11)2)13-5-6-16(18-9-13)19-14-4-3-7-17-10-14/h3-10H,1-2H3,(H,18,19). The van der Waals surface area contributed by atoms with Crippen LogP contribution >= 0.6 is 11.3 Å². The molecule has 100 valence electrons. The van der Waals surface area contributed by atoms with Crippen molar-refractivity contribution < 1.29 is 0 Å². The topological polar surface area (TPSA) is 37.8 Å². The molecule has 0 fully saturated rings. The van der Waals surface area contributed by atoms with Crippen molar-refractivity contribution in [1.82, 2.24) is 9.97 Å². The zero-order valence-corrected chi connectivity index (χ0v) is 12.2. The molecule has 0 bridgehead atoms. The number of hydrogen-bond acceptors (Lipinski definition) is 4. The minimum absolute atomic E-state index is 0.826. The number of thiophene rings is 1. The van der Waals surface area contributed by atoms with Gasteiger partial charge >= 0.3 is 0 Å². The summed E-state index contributed by atoms with van der Waals surface area (Å²) in [5.74, 6) is 0.826. The Hall–Kier alpha value is -2.20. The van der Waals surface area contributed by atoms with Crippen LogP contribution in [-0.2, 0) is 0 Å². The quantitative estimate of drug-likeness (QED) is 0.764. The summed E-state index contributed by atoms with van der Waals surface area (Å²) >= 11 is 1.81. The Morgan fingerprint density at radius 2 is 2.00 bits per heavy atom. The van der Waals surface area contributed by atoms with Crippen LogP contribution in [0.25, 0.3) is 10.4 Å². The van der Waals surface area contributed by atoms with E-state index in [1.807, 2.05) is 24.4 Å². The number of aryl methyl sites for hydroxylation is 2. The summed E-state index contributed by atoms with van der Waals surface area (Å²) in [5.41, 5.74) is 3.43. The normalized spacial score (nSPS) is 10.5. The zero-order valence-electron chi connectivity index (χ0n) is 11.4. The first-order valence-electron chi connectivity index (χ1n) is 6.43. The fourth-order valence-electron chi connectivity index (χ4n) is 1.91. The van der Waals surface area contributed by atoms with Gasteiger partial charge < -0.3 is 5.32 Å². The number of aromatic nitrogens is 2. The van der Waals surface area contributed by atoms with E-state index in [0.29, 0.717) is 0 Å². The molecule has 3 aromatic heterocycles. The number of anilines is 2. The van der Waals surface area contributed by atoms with E-state index in [1.54, 1.807) is 23.7 Å². The summed E-state index contributed by atoms with van der Waals surface area (Å²) in [6.45, 7) is 4.29. The Labute approximate surface area is 122 Å². The predicted octanol–water partition coefficient (Wildman–Crippen LogP) is 4.57. The minimum Gasteiger partial charge on any atom is -0.339 e. The highest BCUT2D eigenvalue weighted by Crippen LogP contribution is 2.30. The molecule has 3 rings (SSSR count). The van der Waals surface area contributed by atoms with Gasteiger partial charge in [0.05, 0.1) is 11.9 Å². The molecule has 0 aromatic carbocycles. The van der Waals surface area contributed by atoms with Gasteiger partial charge in [0.2, 0.25) is 0 Å². The molecule has 0 saturated heterocycles. The molecule has 0 aliphatic heterocycles. The lowest BCUT2D eigenvalue weighted by molar-refractivity contribution is 1.28. The van der Waals surface area contributed by atoms with Gasteiger partial charge in [0.1, 0.15) is 5.82 Å². The molecule has 0 saturated carbocycles. The summed E-state index contributed by atoms with van der Waals surface area (Å²) in [6, 6.07) is 10.2. The average molecular weight is 281 g/mol. The second-order valence-corrected chi connectivity index (χ2v) is 5.90. The number of hydrogen-bond donors (Lipinski definition) is 1. The summed E-state index contributed by atoms with van der Waals surface area (Å²) in [6.07, 6.45) is 5.44. The minimum atomic E-state index is 0.826. The lowest BCUT2D eigenvalue weighted by Gasteiger charge is -2.05. The maximum Gasteiger partial charge on any atom is 0.130 e. The highest BCUT2D eigenvalue weighted by Gasteiger charge is 2.05. The highest BCUT2D eigenvalue weighted by molar-refractivity contribution is 7.15. The number of rotatable bonds is 3. The van der Waals surface area contributed by atoms with Crippen molar-refractivity contribution in [2.45, 2.75) is 13.8 Å². The van der Waals surface area contributed by atoms with Crippen molar-refractivity contribution in [3.05, 3.63) is 59.4 Å². The Kier molecular flexibility index (Phi) is 3.48. The molecule has 0 radical (unpaired) electrons. The number of nitrogens with one attached hydrogen (secondary N) is 1. The van der Waals surface area contributed by atoms with E-state index in [9.17, 15) is 0 Å². The van der Waals surface area contributed by atoms with Crippen LogP contribution < -0.4 is 5.32 Å². The molecular weight excluding hydrogens is 266 g/mol. The van der Waals surface area contributed by atoms with E-state index in [-0.39, 0.29) is 0 Å². The molecule has 3 heterocycles. The Morgan fingerprint density at radius 3 is 2.60 bits per heavy atom. The number of pyridine rings is 2. The largest absolute Gasteiger partial charge is 0.339 e. The molecule has 0 amide bonds. The van der Waals surface area contributed by atoms with Gasteiger partial charge in [-0.15, -0.1) is 11.3 Å². The van der Waals surface area contributed by atoms with Crippen LogP contribution in [-0.4, -0.2) is 9.97 Å². The third kappa shape index (κ3) is 2.70. The monoisotopic (exact) mass is 281 g/mol. The van der Waals surface area contributed by atoms with Crippen LogP contribution in [0.3, 0.4) is 0 Å². The fourth-order valence-corrected chi connectivity index (χ4v) is 2.94. The lowest BCUT2D eigenvalue weighted by Crippen LogP contribution is -1.93. The van der Waals surface area contributed by atoms with Gasteiger partial charge in [-0.25, -0.2) is 4.98 Å². The van der Waals surface area contributed by atoms with Crippen LogP contribution in [0.2, 0.25) is 0 Å². The van der Waals surface area contributed by atoms with E-state index >= 15 is 0 Å². The van der Waals surface area contributed by atoms with Gasteiger partial charge in [0.15, 0.2) is 0 Å². The first kappa shape index (κ1) is 12.8. The van der Waals surface area contributed by atoms with Gasteiger partial charge in [-0.05, 0) is 49.7 Å². The summed E-state index contributed by atoms with van der Waals surface area (Å²) in [7, 11) is 0. The highest BCUT2D eigenvalue weighted by atomic mass is 32.1. The Morgan fingerprint density at radius 1 is 1.10 bits per heavy atom. The van der Waals surface area contributed by atoms with Gasteiger partial charge in [0.25, 0.3) is 0 Å². The Bertz CT molecular complexity index is 683. The van der Waals surface area contributed by atoms with Crippen molar-refractivity contribution in [3.63, 3.8) is 0 Å². The first-order valence-corrected chi connectivity index (χ1v) is 7.24. The molecule has 1 N–H and O–H groups in total. The molecule has 0 spiro atoms. The molecule has 3 aromatic rings. The molecule has 0 unspecified atom stereocenters. The summed E-state index contributed by atoms with van der Waals surface area (Å²) in [5, 5.41) is 3.23. The molecule has 0 aliphatic rings. The van der Waals surface area contributed by atoms with Crippen LogP contribution in [0.1, 0.15) is 10.4 Å². The van der Waals surface area contributed by atoms with E-state index in [2.05, 4.69) is 41.3 Å². The second kappa shape index (κ2) is 5.43. The zero-order chi connectivity index (χ0) is 13.9. The lowest BCUT2D eigenvalue weighted by atomic mass is 10.2. The first-order chi connectivity index (χ1) is 9.72. The van der Waals surface area contributed by atoms with Crippen molar-refractivity contribution in [2.75, 3.05) is 5.32 Å². The molecule has 0 aliphatic carbocycles. The fraction of sp³-hybridized carbons (Fsp3) is 0.125. The van der Waals surface area contributed by atoms with Crippen LogP contribution in [0.15, 0.2) is 48.9 Å². The van der Waals surface area contributed by atoms with Gasteiger partial charge in [0, 0.05) is 27.7 Å². The number of nitrogens with zero attached hydrogens (tertiary/aromatic N) is 2. The maximum atomic E-state index is 4.46. The second-order valence-electron chi connectivity index (χ2n) is 4.65. The van der Waals surface area contributed by atoms with E-state index in [1.165, 1.54) is 15.3 Å². The van der Waals surface area contributed by atoms with Crippen LogP contribution in [0.4, 0.5) is 11.5 Å². The summed E-state index contributed by atoms with van der Waals surface area (Å²) < 4.78 is 0. The molecule has 4 heteroatoms. The van der Waals surface area contributed by atoms with Crippen LogP contribution in [0, 0.1) is 13.8 Å². The third-order valence-corrected chi connectivity index (χ3v) is 4.35. The average Bonchev–Trinajstić information content (AvgIpc) is 2.81. The van der Waals surface area contributed by atoms with Gasteiger partial charge in [-0.2, -0.15) is 0 Å². The van der Waals surface area contributed by atoms with Crippen LogP contribution in [0.5, 0.6) is 0 Å². The van der Waals surface area contributed by atoms with Crippen molar-refractivity contribution >= 4 is 22.8 Å². The van der Waals surface area contributed by atoms with Gasteiger partial charge in [-0.1, -0.05) is 0 Å². The SMILES string of the molecule is Cc1cc(-c2ccc(Nc3cccnc3)nc2)sc1C.